The van der Waals surface area contributed by atoms with E-state index in [1.807, 2.05) is 36.4 Å². The summed E-state index contributed by atoms with van der Waals surface area (Å²) in [4.78, 5) is 27.8. The molecule has 2 aromatic rings. The Morgan fingerprint density at radius 2 is 1.75 bits per heavy atom. The zero-order chi connectivity index (χ0) is 20.1. The fourth-order valence-corrected chi connectivity index (χ4v) is 3.50. The average Bonchev–Trinajstić information content (AvgIpc) is 2.71. The van der Waals surface area contributed by atoms with Crippen LogP contribution in [0.15, 0.2) is 55.1 Å². The number of benzene rings is 2. The molecule has 28 heavy (non-hydrogen) atoms. The van der Waals surface area contributed by atoms with E-state index in [4.69, 9.17) is 4.74 Å². The number of ether oxygens (including phenoxy) is 1. The highest BCUT2D eigenvalue weighted by molar-refractivity contribution is 5.95. The molecule has 0 unspecified atom stereocenters. The first-order valence-corrected chi connectivity index (χ1v) is 9.38. The molecule has 0 radical (unpaired) electrons. The molecule has 0 aliphatic carbocycles. The van der Waals surface area contributed by atoms with Crippen molar-refractivity contribution in [3.63, 3.8) is 0 Å². The van der Waals surface area contributed by atoms with Crippen LogP contribution in [0.5, 0.6) is 0 Å². The Bertz CT molecular complexity index is 874. The van der Waals surface area contributed by atoms with Gasteiger partial charge in [0.05, 0.1) is 6.61 Å². The minimum absolute atomic E-state index is 0.106. The minimum atomic E-state index is -0.106. The van der Waals surface area contributed by atoms with Gasteiger partial charge < -0.3 is 14.5 Å². The Labute approximate surface area is 166 Å². The van der Waals surface area contributed by atoms with Crippen molar-refractivity contribution in [2.75, 3.05) is 19.1 Å². The highest BCUT2D eigenvalue weighted by Gasteiger charge is 2.21. The Morgan fingerprint density at radius 1 is 1.11 bits per heavy atom. The monoisotopic (exact) mass is 378 g/mol. The number of fused-ring (bicyclic) bond motifs is 1. The van der Waals surface area contributed by atoms with Gasteiger partial charge in [-0.2, -0.15) is 0 Å². The predicted octanol–water partition coefficient (Wildman–Crippen LogP) is 3.46. The minimum Gasteiger partial charge on any atom is -0.380 e. The molecule has 0 atom stereocenters. The molecule has 0 saturated heterocycles. The molecule has 0 bridgehead atoms. The summed E-state index contributed by atoms with van der Waals surface area (Å²) in [7, 11) is 3.48. The smallest absolute Gasteiger partial charge is 0.246 e. The lowest BCUT2D eigenvalue weighted by Crippen LogP contribution is -2.31. The number of anilines is 1. The molecule has 0 saturated carbocycles. The molecule has 0 fully saturated rings. The van der Waals surface area contributed by atoms with E-state index in [-0.39, 0.29) is 11.8 Å². The molecule has 2 aromatic carbocycles. The van der Waals surface area contributed by atoms with Crippen LogP contribution in [-0.2, 0) is 40.4 Å². The SMILES string of the molecule is C=CC(=O)N(Cc1ccc(COC)cc1)Cc1ccc2c(c1)CCC(=O)N2C. The number of carbonyl (C=O) groups excluding carboxylic acids is 2. The average molecular weight is 378 g/mol. The standard InChI is InChI=1S/C23H26N2O3/c1-4-22(26)25(14-17-5-7-18(8-6-17)16-28-3)15-19-9-11-21-20(13-19)10-12-23(27)24(21)2/h4-9,11,13H,1,10,12,14-16H2,2-3H3. The number of aryl methyl sites for hydroxylation is 1. The summed E-state index contributed by atoms with van der Waals surface area (Å²) >= 11 is 0. The Balaban J connectivity index is 1.77. The number of nitrogens with zero attached hydrogens (tertiary/aromatic N) is 2. The van der Waals surface area contributed by atoms with Gasteiger partial charge in [-0.15, -0.1) is 0 Å². The molecule has 5 heteroatoms. The highest BCUT2D eigenvalue weighted by atomic mass is 16.5. The molecule has 1 aliphatic heterocycles. The van der Waals surface area contributed by atoms with Crippen LogP contribution >= 0.6 is 0 Å². The van der Waals surface area contributed by atoms with Crippen LogP contribution in [0, 0.1) is 0 Å². The molecule has 3 rings (SSSR count). The van der Waals surface area contributed by atoms with E-state index >= 15 is 0 Å². The summed E-state index contributed by atoms with van der Waals surface area (Å²) in [5, 5.41) is 0. The number of methoxy groups -OCH3 is 1. The maximum absolute atomic E-state index is 12.4. The highest BCUT2D eigenvalue weighted by Crippen LogP contribution is 2.28. The number of amides is 2. The lowest BCUT2D eigenvalue weighted by Gasteiger charge is -2.27. The number of rotatable bonds is 7. The van der Waals surface area contributed by atoms with Crippen molar-refractivity contribution in [3.8, 4) is 0 Å². The summed E-state index contributed by atoms with van der Waals surface area (Å²) in [6.45, 7) is 5.21. The molecule has 0 spiro atoms. The lowest BCUT2D eigenvalue weighted by molar-refractivity contribution is -0.127. The van der Waals surface area contributed by atoms with Crippen molar-refractivity contribution in [2.24, 2.45) is 0 Å². The maximum Gasteiger partial charge on any atom is 0.246 e. The maximum atomic E-state index is 12.4. The van der Waals surface area contributed by atoms with Crippen LogP contribution in [0.2, 0.25) is 0 Å². The van der Waals surface area contributed by atoms with Crippen LogP contribution < -0.4 is 4.90 Å². The molecule has 1 heterocycles. The number of hydrogen-bond donors (Lipinski definition) is 0. The van der Waals surface area contributed by atoms with Crippen molar-refractivity contribution < 1.29 is 14.3 Å². The van der Waals surface area contributed by atoms with Gasteiger partial charge in [0.1, 0.15) is 0 Å². The zero-order valence-corrected chi connectivity index (χ0v) is 16.5. The molecular weight excluding hydrogens is 352 g/mol. The van der Waals surface area contributed by atoms with Crippen molar-refractivity contribution in [1.29, 1.82) is 0 Å². The van der Waals surface area contributed by atoms with Gasteiger partial charge in [0.25, 0.3) is 0 Å². The van der Waals surface area contributed by atoms with Crippen LogP contribution in [0.1, 0.15) is 28.7 Å². The van der Waals surface area contributed by atoms with Gasteiger partial charge in [-0.3, -0.25) is 9.59 Å². The first-order chi connectivity index (χ1) is 13.5. The van der Waals surface area contributed by atoms with E-state index < -0.39 is 0 Å². The molecule has 5 nitrogen and oxygen atoms in total. The van der Waals surface area contributed by atoms with Crippen molar-refractivity contribution >= 4 is 17.5 Å². The van der Waals surface area contributed by atoms with E-state index in [0.29, 0.717) is 26.1 Å². The Morgan fingerprint density at radius 3 is 2.43 bits per heavy atom. The topological polar surface area (TPSA) is 49.9 Å². The van der Waals surface area contributed by atoms with E-state index in [2.05, 4.69) is 12.6 Å². The van der Waals surface area contributed by atoms with Crippen molar-refractivity contribution in [3.05, 3.63) is 77.4 Å². The first-order valence-electron chi connectivity index (χ1n) is 9.38. The van der Waals surface area contributed by atoms with Crippen LogP contribution in [-0.4, -0.2) is 30.9 Å². The van der Waals surface area contributed by atoms with Crippen LogP contribution in [0.25, 0.3) is 0 Å². The third kappa shape index (κ3) is 4.49. The second-order valence-electron chi connectivity index (χ2n) is 7.06. The van der Waals surface area contributed by atoms with Gasteiger partial charge in [-0.25, -0.2) is 0 Å². The van der Waals surface area contributed by atoms with E-state index in [1.165, 1.54) is 6.08 Å². The largest absolute Gasteiger partial charge is 0.380 e. The second kappa shape index (κ2) is 8.85. The van der Waals surface area contributed by atoms with Crippen molar-refractivity contribution in [1.82, 2.24) is 4.90 Å². The molecule has 0 N–H and O–H groups in total. The van der Waals surface area contributed by atoms with Crippen LogP contribution in [0.4, 0.5) is 5.69 Å². The van der Waals surface area contributed by atoms with E-state index in [1.54, 1.807) is 24.0 Å². The van der Waals surface area contributed by atoms with Gasteiger partial charge in [-0.1, -0.05) is 43.0 Å². The van der Waals surface area contributed by atoms with Gasteiger partial charge in [-0.05, 0) is 40.8 Å². The van der Waals surface area contributed by atoms with E-state index in [0.717, 1.165) is 34.4 Å². The number of carbonyl (C=O) groups is 2. The summed E-state index contributed by atoms with van der Waals surface area (Å²) in [5.74, 6) is 0.0339. The van der Waals surface area contributed by atoms with Gasteiger partial charge in [0.2, 0.25) is 11.8 Å². The van der Waals surface area contributed by atoms with E-state index in [9.17, 15) is 9.59 Å². The zero-order valence-electron chi connectivity index (χ0n) is 16.5. The normalized spacial score (nSPS) is 13.2. The van der Waals surface area contributed by atoms with Crippen LogP contribution in [0.3, 0.4) is 0 Å². The summed E-state index contributed by atoms with van der Waals surface area (Å²) in [6, 6.07) is 14.1. The Hall–Kier alpha value is -2.92. The third-order valence-corrected chi connectivity index (χ3v) is 5.05. The summed E-state index contributed by atoms with van der Waals surface area (Å²) in [6.07, 6.45) is 2.61. The first kappa shape index (κ1) is 19.8. The third-order valence-electron chi connectivity index (χ3n) is 5.05. The molecule has 0 aromatic heterocycles. The fourth-order valence-electron chi connectivity index (χ4n) is 3.50. The van der Waals surface area contributed by atoms with Gasteiger partial charge in [0, 0.05) is 39.4 Å². The van der Waals surface area contributed by atoms with Crippen molar-refractivity contribution in [2.45, 2.75) is 32.5 Å². The fraction of sp³-hybridized carbons (Fsp3) is 0.304. The molecular formula is C23H26N2O3. The predicted molar refractivity (Wildman–Crippen MR) is 110 cm³/mol. The Kier molecular flexibility index (Phi) is 6.26. The van der Waals surface area contributed by atoms with Gasteiger partial charge in [0.15, 0.2) is 0 Å². The van der Waals surface area contributed by atoms with Gasteiger partial charge >= 0.3 is 0 Å². The summed E-state index contributed by atoms with van der Waals surface area (Å²) in [5.41, 5.74) is 5.30. The quantitative estimate of drug-likeness (QED) is 0.694. The number of hydrogen-bond acceptors (Lipinski definition) is 3. The molecule has 2 amide bonds. The lowest BCUT2D eigenvalue weighted by atomic mass is 9.99. The molecule has 1 aliphatic rings. The molecule has 146 valence electrons. The summed E-state index contributed by atoms with van der Waals surface area (Å²) < 4.78 is 5.14. The second-order valence-corrected chi connectivity index (χ2v) is 7.06.